The summed E-state index contributed by atoms with van der Waals surface area (Å²) in [6.45, 7) is 0. The summed E-state index contributed by atoms with van der Waals surface area (Å²) >= 11 is 0. The van der Waals surface area contributed by atoms with E-state index in [2.05, 4.69) is 27.7 Å². The van der Waals surface area contributed by atoms with Crippen molar-refractivity contribution >= 4 is 11.6 Å². The normalized spacial score (nSPS) is 17.7. The lowest BCUT2D eigenvalue weighted by Crippen LogP contribution is -2.23. The minimum absolute atomic E-state index is 0.0773. The van der Waals surface area contributed by atoms with Gasteiger partial charge in [-0.1, -0.05) is 24.3 Å². The summed E-state index contributed by atoms with van der Waals surface area (Å²) < 4.78 is 1.85. The third-order valence-corrected chi connectivity index (χ3v) is 3.74. The fourth-order valence-electron chi connectivity index (χ4n) is 2.56. The van der Waals surface area contributed by atoms with E-state index in [1.165, 1.54) is 0 Å². The molecule has 1 N–H and O–H groups in total. The zero-order valence-electron chi connectivity index (χ0n) is 12.0. The summed E-state index contributed by atoms with van der Waals surface area (Å²) in [4.78, 5) is 12.3. The monoisotopic (exact) mass is 282 g/mol. The second-order valence-electron chi connectivity index (χ2n) is 5.32. The van der Waals surface area contributed by atoms with Gasteiger partial charge in [-0.05, 0) is 31.4 Å². The van der Waals surface area contributed by atoms with Crippen molar-refractivity contribution in [3.05, 3.63) is 42.7 Å². The van der Waals surface area contributed by atoms with E-state index < -0.39 is 0 Å². The Kier molecular flexibility index (Phi) is 3.81. The Hall–Kier alpha value is -2.43. The zero-order valence-corrected chi connectivity index (χ0v) is 12.0. The number of allylic oxidation sites excluding steroid dienone is 2. The largest absolute Gasteiger partial charge is 0.326 e. The smallest absolute Gasteiger partial charge is 0.227 e. The lowest BCUT2D eigenvalue weighted by molar-refractivity contribution is -0.120. The molecular formula is C16H18N4O. The van der Waals surface area contributed by atoms with E-state index in [1.807, 2.05) is 35.9 Å². The Balaban J connectivity index is 1.76. The van der Waals surface area contributed by atoms with E-state index in [1.54, 1.807) is 6.33 Å². The van der Waals surface area contributed by atoms with Gasteiger partial charge in [0.15, 0.2) is 5.82 Å². The van der Waals surface area contributed by atoms with Crippen LogP contribution in [0.1, 0.15) is 19.3 Å². The number of benzene rings is 1. The van der Waals surface area contributed by atoms with Gasteiger partial charge in [0.25, 0.3) is 0 Å². The summed E-state index contributed by atoms with van der Waals surface area (Å²) in [5.41, 5.74) is 1.74. The Morgan fingerprint density at radius 3 is 3.00 bits per heavy atom. The Morgan fingerprint density at radius 2 is 2.29 bits per heavy atom. The molecule has 5 nitrogen and oxygen atoms in total. The number of aromatic nitrogens is 3. The fourth-order valence-corrected chi connectivity index (χ4v) is 2.56. The summed E-state index contributed by atoms with van der Waals surface area (Å²) in [6.07, 6.45) is 8.62. The topological polar surface area (TPSA) is 59.8 Å². The first-order valence-corrected chi connectivity index (χ1v) is 7.14. The van der Waals surface area contributed by atoms with Crippen LogP contribution in [0.3, 0.4) is 0 Å². The highest BCUT2D eigenvalue weighted by atomic mass is 16.1. The van der Waals surface area contributed by atoms with Crippen molar-refractivity contribution in [2.45, 2.75) is 19.3 Å². The molecule has 1 aliphatic rings. The molecule has 0 saturated heterocycles. The van der Waals surface area contributed by atoms with Crippen LogP contribution in [0.25, 0.3) is 11.4 Å². The SMILES string of the molecule is Cn1cnnc1-c1cccc(NC(=O)C2CC=CCC2)c1. The Morgan fingerprint density at radius 1 is 1.38 bits per heavy atom. The highest BCUT2D eigenvalue weighted by Crippen LogP contribution is 2.23. The third kappa shape index (κ3) is 3.02. The van der Waals surface area contributed by atoms with Crippen molar-refractivity contribution in [2.24, 2.45) is 13.0 Å². The second kappa shape index (κ2) is 5.91. The molecular weight excluding hydrogens is 264 g/mol. The van der Waals surface area contributed by atoms with E-state index >= 15 is 0 Å². The van der Waals surface area contributed by atoms with Crippen LogP contribution in [-0.4, -0.2) is 20.7 Å². The van der Waals surface area contributed by atoms with Gasteiger partial charge in [0.2, 0.25) is 5.91 Å². The summed E-state index contributed by atoms with van der Waals surface area (Å²) in [7, 11) is 1.90. The van der Waals surface area contributed by atoms with E-state index in [0.29, 0.717) is 0 Å². The fraction of sp³-hybridized carbons (Fsp3) is 0.312. The van der Waals surface area contributed by atoms with Crippen LogP contribution in [0.5, 0.6) is 0 Å². The molecule has 2 aromatic rings. The lowest BCUT2D eigenvalue weighted by atomic mass is 9.93. The predicted octanol–water partition coefficient (Wildman–Crippen LogP) is 2.78. The number of rotatable bonds is 3. The van der Waals surface area contributed by atoms with Crippen LogP contribution in [0.2, 0.25) is 0 Å². The summed E-state index contributed by atoms with van der Waals surface area (Å²) in [6, 6.07) is 7.71. The van der Waals surface area contributed by atoms with Crippen LogP contribution < -0.4 is 5.32 Å². The maximum absolute atomic E-state index is 12.3. The molecule has 0 bridgehead atoms. The van der Waals surface area contributed by atoms with Crippen molar-refractivity contribution in [3.8, 4) is 11.4 Å². The van der Waals surface area contributed by atoms with Gasteiger partial charge < -0.3 is 9.88 Å². The van der Waals surface area contributed by atoms with Crippen LogP contribution in [0.4, 0.5) is 5.69 Å². The molecule has 5 heteroatoms. The molecule has 1 aromatic heterocycles. The molecule has 1 aromatic carbocycles. The number of hydrogen-bond donors (Lipinski definition) is 1. The first-order valence-electron chi connectivity index (χ1n) is 7.14. The van der Waals surface area contributed by atoms with Crippen LogP contribution in [0, 0.1) is 5.92 Å². The number of aryl methyl sites for hydroxylation is 1. The molecule has 1 heterocycles. The molecule has 1 aliphatic carbocycles. The standard InChI is InChI=1S/C16H18N4O/c1-20-11-17-19-15(20)13-8-5-9-14(10-13)18-16(21)12-6-3-2-4-7-12/h2-3,5,8-12H,4,6-7H2,1H3,(H,18,21). The molecule has 1 unspecified atom stereocenters. The van der Waals surface area contributed by atoms with Gasteiger partial charge in [-0.15, -0.1) is 10.2 Å². The lowest BCUT2D eigenvalue weighted by Gasteiger charge is -2.17. The predicted molar refractivity (Wildman–Crippen MR) is 81.5 cm³/mol. The van der Waals surface area contributed by atoms with Crippen molar-refractivity contribution in [1.29, 1.82) is 0 Å². The molecule has 1 atom stereocenters. The number of carbonyl (C=O) groups is 1. The van der Waals surface area contributed by atoms with Crippen LogP contribution >= 0.6 is 0 Å². The molecule has 3 rings (SSSR count). The minimum atomic E-state index is 0.0773. The number of amides is 1. The van der Waals surface area contributed by atoms with Crippen molar-refractivity contribution in [3.63, 3.8) is 0 Å². The number of nitrogens with zero attached hydrogens (tertiary/aromatic N) is 3. The maximum Gasteiger partial charge on any atom is 0.227 e. The van der Waals surface area contributed by atoms with Gasteiger partial charge in [0.1, 0.15) is 6.33 Å². The minimum Gasteiger partial charge on any atom is -0.326 e. The van der Waals surface area contributed by atoms with Crippen LogP contribution in [-0.2, 0) is 11.8 Å². The third-order valence-electron chi connectivity index (χ3n) is 3.74. The summed E-state index contributed by atoms with van der Waals surface area (Å²) in [5.74, 6) is 0.953. The van der Waals surface area contributed by atoms with E-state index in [9.17, 15) is 4.79 Å². The van der Waals surface area contributed by atoms with E-state index in [0.717, 1.165) is 36.3 Å². The average Bonchev–Trinajstić information content (AvgIpc) is 2.94. The number of carbonyl (C=O) groups excluding carboxylic acids is 1. The molecule has 0 aliphatic heterocycles. The molecule has 1 amide bonds. The highest BCUT2D eigenvalue weighted by molar-refractivity contribution is 5.93. The first-order chi connectivity index (χ1) is 10.2. The molecule has 108 valence electrons. The molecule has 21 heavy (non-hydrogen) atoms. The summed E-state index contributed by atoms with van der Waals surface area (Å²) in [5, 5.41) is 11.0. The number of nitrogens with one attached hydrogen (secondary N) is 1. The quantitative estimate of drug-likeness (QED) is 0.881. The zero-order chi connectivity index (χ0) is 14.7. The number of hydrogen-bond acceptors (Lipinski definition) is 3. The van der Waals surface area contributed by atoms with Gasteiger partial charge in [0, 0.05) is 24.2 Å². The Labute approximate surface area is 123 Å². The first kappa shape index (κ1) is 13.5. The highest BCUT2D eigenvalue weighted by Gasteiger charge is 2.18. The maximum atomic E-state index is 12.3. The van der Waals surface area contributed by atoms with Crippen LogP contribution in [0.15, 0.2) is 42.7 Å². The van der Waals surface area contributed by atoms with Gasteiger partial charge in [0.05, 0.1) is 0 Å². The number of anilines is 1. The van der Waals surface area contributed by atoms with Gasteiger partial charge in [-0.25, -0.2) is 0 Å². The molecule has 0 radical (unpaired) electrons. The van der Waals surface area contributed by atoms with Crippen molar-refractivity contribution in [2.75, 3.05) is 5.32 Å². The molecule has 0 spiro atoms. The average molecular weight is 282 g/mol. The van der Waals surface area contributed by atoms with Gasteiger partial charge in [-0.3, -0.25) is 4.79 Å². The second-order valence-corrected chi connectivity index (χ2v) is 5.32. The van der Waals surface area contributed by atoms with E-state index in [-0.39, 0.29) is 11.8 Å². The molecule has 0 fully saturated rings. The van der Waals surface area contributed by atoms with Gasteiger partial charge >= 0.3 is 0 Å². The van der Waals surface area contributed by atoms with Crippen molar-refractivity contribution < 1.29 is 4.79 Å². The van der Waals surface area contributed by atoms with Gasteiger partial charge in [-0.2, -0.15) is 0 Å². The molecule has 0 saturated carbocycles. The van der Waals surface area contributed by atoms with E-state index in [4.69, 9.17) is 0 Å². The Bertz CT molecular complexity index is 674. The van der Waals surface area contributed by atoms with Crippen molar-refractivity contribution in [1.82, 2.24) is 14.8 Å².